The molecule has 0 radical (unpaired) electrons. The topological polar surface area (TPSA) is 121 Å². The van der Waals surface area contributed by atoms with Gasteiger partial charge in [-0.25, -0.2) is 18.1 Å². The third kappa shape index (κ3) is 5.28. The van der Waals surface area contributed by atoms with E-state index in [0.29, 0.717) is 31.7 Å². The summed E-state index contributed by atoms with van der Waals surface area (Å²) in [7, 11) is -2.95. The van der Waals surface area contributed by atoms with Crippen LogP contribution >= 0.6 is 0 Å². The molecule has 2 saturated carbocycles. The van der Waals surface area contributed by atoms with Gasteiger partial charge >= 0.3 is 0 Å². The monoisotopic (exact) mass is 544 g/mol. The Labute approximate surface area is 228 Å². The van der Waals surface area contributed by atoms with Crippen molar-refractivity contribution in [1.29, 1.82) is 5.26 Å². The van der Waals surface area contributed by atoms with Crippen molar-refractivity contribution in [2.45, 2.75) is 50.0 Å². The zero-order chi connectivity index (χ0) is 27.0. The van der Waals surface area contributed by atoms with E-state index in [1.807, 2.05) is 36.5 Å². The third-order valence-corrected chi connectivity index (χ3v) is 9.90. The minimum absolute atomic E-state index is 0.0486. The number of nitrogens with one attached hydrogen (secondary N) is 1. The van der Waals surface area contributed by atoms with E-state index in [9.17, 15) is 18.5 Å². The van der Waals surface area contributed by atoms with Gasteiger partial charge in [0.15, 0.2) is 15.7 Å². The molecule has 10 heteroatoms. The average Bonchev–Trinajstić information content (AvgIpc) is 3.60. The van der Waals surface area contributed by atoms with E-state index in [-0.39, 0.29) is 29.2 Å². The number of nitrogens with zero attached hydrogens (tertiary/aromatic N) is 5. The van der Waals surface area contributed by atoms with E-state index < -0.39 is 15.4 Å². The maximum atomic E-state index is 13.4. The van der Waals surface area contributed by atoms with Gasteiger partial charge in [0.05, 0.1) is 23.3 Å². The van der Waals surface area contributed by atoms with E-state index in [4.69, 9.17) is 5.10 Å². The zero-order valence-electron chi connectivity index (χ0n) is 21.8. The Balaban J connectivity index is 1.34. The van der Waals surface area contributed by atoms with Gasteiger partial charge in [-0.15, -0.1) is 0 Å². The number of rotatable bonds is 6. The Bertz CT molecular complexity index is 1490. The van der Waals surface area contributed by atoms with Crippen LogP contribution in [0.25, 0.3) is 16.9 Å². The van der Waals surface area contributed by atoms with Crippen molar-refractivity contribution < 1.29 is 13.2 Å². The predicted octanol–water partition coefficient (Wildman–Crippen LogP) is 3.62. The summed E-state index contributed by atoms with van der Waals surface area (Å²) < 4.78 is 25.5. The minimum Gasteiger partial charge on any atom is -0.369 e. The molecule has 0 bridgehead atoms. The zero-order valence-corrected chi connectivity index (χ0v) is 22.6. The molecule has 3 aliphatic rings. The number of sulfone groups is 1. The SMILES string of the molecule is N#CC1(NC(=O)[C@@H]2CCCC[C@H]2c2nn(-c3ccccn3)cc2-c2ccc(N3CCS(=O)(=O)CC3)cc2)CC1. The van der Waals surface area contributed by atoms with Crippen LogP contribution in [0.2, 0.25) is 0 Å². The summed E-state index contributed by atoms with van der Waals surface area (Å²) in [6, 6.07) is 16.1. The summed E-state index contributed by atoms with van der Waals surface area (Å²) in [4.78, 5) is 20.0. The van der Waals surface area contributed by atoms with E-state index >= 15 is 0 Å². The third-order valence-electron chi connectivity index (χ3n) is 8.30. The largest absolute Gasteiger partial charge is 0.369 e. The van der Waals surface area contributed by atoms with Crippen molar-refractivity contribution in [3.05, 3.63) is 60.6 Å². The lowest BCUT2D eigenvalue weighted by Crippen LogP contribution is -2.42. The Morgan fingerprint density at radius 1 is 1.05 bits per heavy atom. The van der Waals surface area contributed by atoms with Crippen molar-refractivity contribution >= 4 is 21.4 Å². The molecule has 1 aliphatic heterocycles. The lowest BCUT2D eigenvalue weighted by molar-refractivity contribution is -0.127. The fourth-order valence-electron chi connectivity index (χ4n) is 5.80. The molecule has 3 fully saturated rings. The molecule has 1 saturated heterocycles. The summed E-state index contributed by atoms with van der Waals surface area (Å²) in [6.45, 7) is 0.987. The molecule has 6 rings (SSSR count). The van der Waals surface area contributed by atoms with Gasteiger partial charge in [-0.2, -0.15) is 10.4 Å². The highest BCUT2D eigenvalue weighted by atomic mass is 32.2. The van der Waals surface area contributed by atoms with Gasteiger partial charge in [0.1, 0.15) is 5.54 Å². The number of pyridine rings is 1. The van der Waals surface area contributed by atoms with Gasteiger partial charge in [-0.1, -0.05) is 31.0 Å². The number of hydrogen-bond acceptors (Lipinski definition) is 7. The second kappa shape index (κ2) is 10.1. The fraction of sp³-hybridized carbons (Fsp3) is 0.448. The van der Waals surface area contributed by atoms with Gasteiger partial charge in [-0.3, -0.25) is 4.79 Å². The van der Waals surface area contributed by atoms with E-state index in [1.54, 1.807) is 10.9 Å². The molecular formula is C29H32N6O3S. The quantitative estimate of drug-likeness (QED) is 0.503. The van der Waals surface area contributed by atoms with Crippen LogP contribution in [0.5, 0.6) is 0 Å². The van der Waals surface area contributed by atoms with Gasteiger partial charge in [0.25, 0.3) is 0 Å². The maximum absolute atomic E-state index is 13.4. The average molecular weight is 545 g/mol. The number of amides is 1. The normalized spacial score (nSPS) is 23.5. The molecule has 2 aromatic heterocycles. The maximum Gasteiger partial charge on any atom is 0.225 e. The minimum atomic E-state index is -2.95. The fourth-order valence-corrected chi connectivity index (χ4v) is 7.00. The first-order chi connectivity index (χ1) is 18.9. The first-order valence-corrected chi connectivity index (χ1v) is 15.5. The van der Waals surface area contributed by atoms with Crippen LogP contribution in [0.4, 0.5) is 5.69 Å². The van der Waals surface area contributed by atoms with Crippen LogP contribution in [-0.2, 0) is 14.6 Å². The van der Waals surface area contributed by atoms with Gasteiger partial charge in [0.2, 0.25) is 5.91 Å². The van der Waals surface area contributed by atoms with Crippen molar-refractivity contribution in [1.82, 2.24) is 20.1 Å². The lowest BCUT2D eigenvalue weighted by atomic mass is 9.75. The Morgan fingerprint density at radius 2 is 1.79 bits per heavy atom. The van der Waals surface area contributed by atoms with E-state index in [1.165, 1.54) is 0 Å². The molecule has 2 atom stereocenters. The van der Waals surface area contributed by atoms with Crippen molar-refractivity contribution in [2.75, 3.05) is 29.5 Å². The predicted molar refractivity (Wildman–Crippen MR) is 148 cm³/mol. The van der Waals surface area contributed by atoms with Crippen LogP contribution in [0.3, 0.4) is 0 Å². The summed E-state index contributed by atoms with van der Waals surface area (Å²) in [6.07, 6.45) is 8.76. The first kappa shape index (κ1) is 25.6. The Hall–Kier alpha value is -3.71. The summed E-state index contributed by atoms with van der Waals surface area (Å²) in [5, 5.41) is 17.6. The standard InChI is InChI=1S/C29H32N6O3S/c30-20-29(12-13-29)32-28(36)24-6-2-1-5-23(24)27-25(19-35(33-27)26-7-3-4-14-31-26)21-8-10-22(11-9-21)34-15-17-39(37,38)18-16-34/h3-4,7-11,14,19,23-24H,1-2,5-6,12-13,15-18H2,(H,32,36)/t23-,24-/m1/s1. The van der Waals surface area contributed by atoms with E-state index in [0.717, 1.165) is 48.2 Å². The molecular weight excluding hydrogens is 512 g/mol. The Morgan fingerprint density at radius 3 is 2.46 bits per heavy atom. The summed E-state index contributed by atoms with van der Waals surface area (Å²) in [5.74, 6) is 0.689. The van der Waals surface area contributed by atoms with Gasteiger partial charge < -0.3 is 10.2 Å². The number of hydrogen-bond donors (Lipinski definition) is 1. The van der Waals surface area contributed by atoms with Crippen LogP contribution < -0.4 is 10.2 Å². The molecule has 2 aliphatic carbocycles. The molecule has 1 aromatic carbocycles. The van der Waals surface area contributed by atoms with Gasteiger partial charge in [0, 0.05) is 48.6 Å². The smallest absolute Gasteiger partial charge is 0.225 e. The van der Waals surface area contributed by atoms with Crippen molar-refractivity contribution in [2.24, 2.45) is 5.92 Å². The highest BCUT2D eigenvalue weighted by molar-refractivity contribution is 7.91. The highest BCUT2D eigenvalue weighted by Gasteiger charge is 2.47. The number of carbonyl (C=O) groups excluding carboxylic acids is 1. The van der Waals surface area contributed by atoms with Crippen LogP contribution in [0.1, 0.15) is 50.1 Å². The molecule has 1 amide bonds. The lowest BCUT2D eigenvalue weighted by Gasteiger charge is -2.31. The number of benzene rings is 1. The Kier molecular flexibility index (Phi) is 6.63. The molecule has 1 N–H and O–H groups in total. The number of anilines is 1. The molecule has 0 spiro atoms. The second-order valence-corrected chi connectivity index (χ2v) is 13.2. The number of carbonyl (C=O) groups is 1. The van der Waals surface area contributed by atoms with Crippen LogP contribution in [0.15, 0.2) is 54.9 Å². The van der Waals surface area contributed by atoms with Crippen LogP contribution in [-0.4, -0.2) is 59.2 Å². The molecule has 0 unspecified atom stereocenters. The molecule has 202 valence electrons. The number of nitriles is 1. The summed E-state index contributed by atoms with van der Waals surface area (Å²) in [5.41, 5.74) is 3.12. The van der Waals surface area contributed by atoms with E-state index in [2.05, 4.69) is 33.4 Å². The van der Waals surface area contributed by atoms with Crippen molar-refractivity contribution in [3.8, 4) is 23.0 Å². The summed E-state index contributed by atoms with van der Waals surface area (Å²) >= 11 is 0. The molecule has 3 heterocycles. The molecule has 3 aromatic rings. The molecule has 39 heavy (non-hydrogen) atoms. The number of aromatic nitrogens is 3. The highest BCUT2D eigenvalue weighted by Crippen LogP contribution is 2.43. The van der Waals surface area contributed by atoms with Crippen molar-refractivity contribution in [3.63, 3.8) is 0 Å². The second-order valence-electron chi connectivity index (χ2n) is 10.9. The van der Waals surface area contributed by atoms with Gasteiger partial charge in [-0.05, 0) is 55.5 Å². The molecule has 9 nitrogen and oxygen atoms in total. The van der Waals surface area contributed by atoms with Crippen LogP contribution in [0, 0.1) is 17.2 Å². The first-order valence-electron chi connectivity index (χ1n) is 13.7.